The van der Waals surface area contributed by atoms with Gasteiger partial charge < -0.3 is 23.3 Å². The normalized spacial score (nSPS) is 5.00. The molecular weight excluding hydrogens is 191 g/mol. The second-order valence-corrected chi connectivity index (χ2v) is 0.848. The molecule has 0 saturated carbocycles. The molecule has 0 fully saturated rings. The zero-order valence-electron chi connectivity index (χ0n) is 4.25. The molecule has 0 aliphatic heterocycles. The van der Waals surface area contributed by atoms with Gasteiger partial charge in [-0.15, -0.1) is 0 Å². The maximum absolute atomic E-state index is 8.74. The summed E-state index contributed by atoms with van der Waals surface area (Å²) in [6.45, 7) is 0. The topological polar surface area (TPSA) is 57.5 Å². The summed E-state index contributed by atoms with van der Waals surface area (Å²) < 4.78 is 8.74. The van der Waals surface area contributed by atoms with Crippen molar-refractivity contribution < 1.29 is 33.2 Å². The second-order valence-electron chi connectivity index (χ2n) is 0.283. The van der Waals surface area contributed by atoms with E-state index in [1.54, 1.807) is 0 Å². The van der Waals surface area contributed by atoms with Gasteiger partial charge >= 0.3 is 44.7 Å². The third-order valence-electron chi connectivity index (χ3n) is 0. The van der Waals surface area contributed by atoms with Crippen LogP contribution in [0.3, 0.4) is 0 Å². The maximum atomic E-state index is 8.74. The summed E-state index contributed by atoms with van der Waals surface area (Å²) in [6, 6.07) is 0. The van der Waals surface area contributed by atoms with E-state index >= 15 is 0 Å². The van der Waals surface area contributed by atoms with E-state index in [0.717, 1.165) is 0 Å². The van der Waals surface area contributed by atoms with E-state index in [4.69, 9.17) is 14.4 Å². The second kappa shape index (κ2) is 15.6. The van der Waals surface area contributed by atoms with E-state index in [-0.39, 0.29) is 50.0 Å². The Morgan fingerprint density at radius 3 is 1.29 bits per heavy atom. The van der Waals surface area contributed by atoms with E-state index in [2.05, 4.69) is 0 Å². The summed E-state index contributed by atoms with van der Waals surface area (Å²) in [6.07, 6.45) is 0. The standard InChI is InChI=1S/GeH3.Li.H3O3P.H2S/c;;1-4(2)3;/h1H3;;4H,(H2,1,2,3);1H2/q;+1;;/p-1. The maximum Gasteiger partial charge on any atom is 1.00 e. The van der Waals surface area contributed by atoms with Gasteiger partial charge in [-0.3, -0.25) is 4.57 Å². The molecule has 2 N–H and O–H groups in total. The summed E-state index contributed by atoms with van der Waals surface area (Å²) in [4.78, 5) is 14.3. The SMILES string of the molecule is O=[PH](O)O.[GeH3].[Li+].[SH-]. The minimum absolute atomic E-state index is 0. The first-order valence-electron chi connectivity index (χ1n) is 0.651. The molecule has 0 aromatic heterocycles. The first-order valence-corrected chi connectivity index (χ1v) is 1.95. The number of rotatable bonds is 0. The minimum Gasteiger partial charge on any atom is -0.813 e. The molecule has 0 unspecified atom stereocenters. The van der Waals surface area contributed by atoms with Crippen molar-refractivity contribution in [3.8, 4) is 0 Å². The smallest absolute Gasteiger partial charge is 0.813 e. The van der Waals surface area contributed by atoms with Crippen molar-refractivity contribution in [2.24, 2.45) is 0 Å². The molecule has 0 rings (SSSR count). The molecule has 0 aliphatic rings. The zero-order chi connectivity index (χ0) is 3.58. The van der Waals surface area contributed by atoms with Crippen molar-refractivity contribution in [1.82, 2.24) is 0 Å². The Morgan fingerprint density at radius 2 is 1.29 bits per heavy atom. The number of hydrogen-bond donors (Lipinski definition) is 2. The van der Waals surface area contributed by atoms with E-state index < -0.39 is 8.25 Å². The van der Waals surface area contributed by atoms with Crippen molar-refractivity contribution in [2.45, 2.75) is 0 Å². The largest absolute Gasteiger partial charge is 1.00 e. The number of thiol groups is 1. The molecule has 7 heteroatoms. The summed E-state index contributed by atoms with van der Waals surface area (Å²) in [5, 5.41) is 0. The summed E-state index contributed by atoms with van der Waals surface area (Å²) in [5.74, 6) is 0. The molecular formula is H7GeLiO3PS. The Balaban J connectivity index is -0.0000000150. The van der Waals surface area contributed by atoms with Crippen LogP contribution in [0.2, 0.25) is 0 Å². The monoisotopic (exact) mass is 199 g/mol. The van der Waals surface area contributed by atoms with Gasteiger partial charge in [0.15, 0.2) is 0 Å². The quantitative estimate of drug-likeness (QED) is 0.177. The Morgan fingerprint density at radius 1 is 1.29 bits per heavy atom. The van der Waals surface area contributed by atoms with Gasteiger partial charge in [0.2, 0.25) is 0 Å². The van der Waals surface area contributed by atoms with Crippen LogP contribution in [0, 0.1) is 0 Å². The fourth-order valence-electron chi connectivity index (χ4n) is 0. The average molecular weight is 198 g/mol. The molecule has 41 valence electrons. The Bertz CT molecular complexity index is 37.9. The van der Waals surface area contributed by atoms with Crippen molar-refractivity contribution in [2.75, 3.05) is 0 Å². The molecule has 0 saturated heterocycles. The van der Waals surface area contributed by atoms with Gasteiger partial charge in [-0.25, -0.2) is 0 Å². The molecule has 3 nitrogen and oxygen atoms in total. The van der Waals surface area contributed by atoms with Crippen LogP contribution in [0.1, 0.15) is 0 Å². The molecule has 0 heterocycles. The van der Waals surface area contributed by atoms with Gasteiger partial charge in [0.1, 0.15) is 0 Å². The minimum atomic E-state index is -3.13. The van der Waals surface area contributed by atoms with E-state index in [0.29, 0.717) is 0 Å². The Hall–Kier alpha value is 1.64. The molecule has 7 heavy (non-hydrogen) atoms. The molecule has 0 spiro atoms. The zero-order valence-corrected chi connectivity index (χ0v) is 10.3. The van der Waals surface area contributed by atoms with Crippen LogP contribution in [0.4, 0.5) is 0 Å². The number of hydrogen-bond acceptors (Lipinski definition) is 2. The molecule has 0 aliphatic carbocycles. The fraction of sp³-hybridized carbons (Fsp3) is 0. The van der Waals surface area contributed by atoms with Gasteiger partial charge in [0, 0.05) is 0 Å². The van der Waals surface area contributed by atoms with Crippen LogP contribution in [0.15, 0.2) is 0 Å². The third kappa shape index (κ3) is 90.3. The molecule has 0 atom stereocenters. The van der Waals surface area contributed by atoms with Crippen molar-refractivity contribution in [3.63, 3.8) is 0 Å². The van der Waals surface area contributed by atoms with Gasteiger partial charge in [0.25, 0.3) is 0 Å². The van der Waals surface area contributed by atoms with Crippen LogP contribution in [0.25, 0.3) is 0 Å². The molecule has 0 aromatic carbocycles. The van der Waals surface area contributed by atoms with E-state index in [1.165, 1.54) is 0 Å². The first-order chi connectivity index (χ1) is 1.73. The van der Waals surface area contributed by atoms with Crippen LogP contribution in [-0.4, -0.2) is 27.4 Å². The van der Waals surface area contributed by atoms with Crippen LogP contribution in [0.5, 0.6) is 0 Å². The molecule has 0 aromatic rings. The Kier molecular flexibility index (Phi) is 52.4. The van der Waals surface area contributed by atoms with E-state index in [1.807, 2.05) is 0 Å². The van der Waals surface area contributed by atoms with Crippen molar-refractivity contribution in [1.29, 1.82) is 0 Å². The predicted octanol–water partition coefficient (Wildman–Crippen LogP) is -5.09. The van der Waals surface area contributed by atoms with Gasteiger partial charge in [-0.05, 0) is 0 Å². The summed E-state index contributed by atoms with van der Waals surface area (Å²) in [5.41, 5.74) is 0. The van der Waals surface area contributed by atoms with E-state index in [9.17, 15) is 0 Å². The van der Waals surface area contributed by atoms with Crippen LogP contribution >= 0.6 is 8.25 Å². The average Bonchev–Trinajstić information content (AvgIpc) is 0.811. The predicted molar refractivity (Wildman–Crippen MR) is 32.1 cm³/mol. The summed E-state index contributed by atoms with van der Waals surface area (Å²) >= 11 is 0. The first kappa shape index (κ1) is 23.4. The van der Waals surface area contributed by atoms with Crippen LogP contribution < -0.4 is 18.9 Å². The molecule has 0 bridgehead atoms. The molecule has 0 amide bonds. The van der Waals surface area contributed by atoms with Crippen LogP contribution in [-0.2, 0) is 18.1 Å². The Labute approximate surface area is 72.4 Å². The van der Waals surface area contributed by atoms with Gasteiger partial charge in [-0.2, -0.15) is 0 Å². The van der Waals surface area contributed by atoms with Gasteiger partial charge in [-0.1, -0.05) is 0 Å². The van der Waals surface area contributed by atoms with Crippen molar-refractivity contribution in [3.05, 3.63) is 0 Å². The van der Waals surface area contributed by atoms with Gasteiger partial charge in [0.05, 0.1) is 0 Å². The molecule has 1 radical (unpaired) electrons. The van der Waals surface area contributed by atoms with Crippen molar-refractivity contribution >= 4 is 39.3 Å². The fourth-order valence-corrected chi connectivity index (χ4v) is 0. The third-order valence-corrected chi connectivity index (χ3v) is 0. The summed E-state index contributed by atoms with van der Waals surface area (Å²) in [7, 11) is -3.13.